The van der Waals surface area contributed by atoms with E-state index in [-0.39, 0.29) is 17.1 Å². The van der Waals surface area contributed by atoms with Gasteiger partial charge in [-0.05, 0) is 18.6 Å². The van der Waals surface area contributed by atoms with Gasteiger partial charge in [-0.25, -0.2) is 4.98 Å². The van der Waals surface area contributed by atoms with Crippen LogP contribution in [-0.2, 0) is 15.7 Å². The van der Waals surface area contributed by atoms with Gasteiger partial charge in [-0.3, -0.25) is 9.58 Å². The second-order valence-electron chi connectivity index (χ2n) is 8.58. The lowest BCUT2D eigenvalue weighted by atomic mass is 9.92. The number of nitrogens with one attached hydrogen (secondary N) is 1. The Morgan fingerprint density at radius 1 is 1.06 bits per heavy atom. The molecule has 10 heteroatoms. The molecule has 3 fully saturated rings. The Hall–Kier alpha value is -2.43. The number of rotatable bonds is 4. The van der Waals surface area contributed by atoms with Crippen molar-refractivity contribution in [3.05, 3.63) is 35.8 Å². The summed E-state index contributed by atoms with van der Waals surface area (Å²) in [5.74, 6) is 0.345. The van der Waals surface area contributed by atoms with Crippen molar-refractivity contribution in [3.8, 4) is 11.3 Å². The summed E-state index contributed by atoms with van der Waals surface area (Å²) >= 11 is 0. The van der Waals surface area contributed by atoms with E-state index in [9.17, 15) is 13.2 Å². The molecule has 6 heterocycles. The maximum Gasteiger partial charge on any atom is 0.418 e. The van der Waals surface area contributed by atoms with Crippen molar-refractivity contribution in [2.24, 2.45) is 0 Å². The highest BCUT2D eigenvalue weighted by molar-refractivity contribution is 5.84. The van der Waals surface area contributed by atoms with Crippen LogP contribution in [0.5, 0.6) is 0 Å². The van der Waals surface area contributed by atoms with Crippen molar-refractivity contribution in [1.82, 2.24) is 24.6 Å². The number of nitrogens with zero attached hydrogens (tertiary/aromatic N) is 4. The number of fused-ring (bicyclic) bond motifs is 1. The molecule has 0 amide bonds. The van der Waals surface area contributed by atoms with Gasteiger partial charge in [0.05, 0.1) is 43.2 Å². The topological polar surface area (TPSA) is 68.2 Å². The molecule has 0 radical (unpaired) electrons. The normalized spacial score (nSPS) is 23.4. The van der Waals surface area contributed by atoms with Crippen LogP contribution in [0, 0.1) is 0 Å². The summed E-state index contributed by atoms with van der Waals surface area (Å²) in [6.45, 7) is 4.77. The van der Waals surface area contributed by atoms with Gasteiger partial charge in [0.25, 0.3) is 0 Å². The Kier molecular flexibility index (Phi) is 4.38. The first-order chi connectivity index (χ1) is 15.0. The monoisotopic (exact) mass is 433 g/mol. The first-order valence-corrected chi connectivity index (χ1v) is 10.5. The van der Waals surface area contributed by atoms with E-state index >= 15 is 0 Å². The van der Waals surface area contributed by atoms with E-state index in [0.717, 1.165) is 44.6 Å². The SMILES string of the molecule is FC(F)(F)c1c[nH]c2ncc(-c3cc(C4CN(C5COC5)C4)n(C4CCOC4)n3)cc12. The largest absolute Gasteiger partial charge is 0.418 e. The van der Waals surface area contributed by atoms with Gasteiger partial charge in [0, 0.05) is 54.7 Å². The summed E-state index contributed by atoms with van der Waals surface area (Å²) in [6, 6.07) is 4.20. The van der Waals surface area contributed by atoms with E-state index in [1.165, 1.54) is 6.07 Å². The fourth-order valence-electron chi connectivity index (χ4n) is 4.67. The summed E-state index contributed by atoms with van der Waals surface area (Å²) in [5.41, 5.74) is 1.86. The molecule has 0 spiro atoms. The van der Waals surface area contributed by atoms with Crippen LogP contribution in [0.4, 0.5) is 13.2 Å². The minimum absolute atomic E-state index is 0.0603. The van der Waals surface area contributed by atoms with Crippen LogP contribution in [0.15, 0.2) is 24.5 Å². The molecule has 0 aliphatic carbocycles. The van der Waals surface area contributed by atoms with E-state index in [1.807, 2.05) is 10.7 Å². The van der Waals surface area contributed by atoms with Crippen LogP contribution >= 0.6 is 0 Å². The predicted molar refractivity (Wildman–Crippen MR) is 106 cm³/mol. The van der Waals surface area contributed by atoms with E-state index in [2.05, 4.69) is 14.9 Å². The number of likely N-dealkylation sites (tertiary alicyclic amines) is 1. The summed E-state index contributed by atoms with van der Waals surface area (Å²) in [5, 5.41) is 4.87. The van der Waals surface area contributed by atoms with Gasteiger partial charge < -0.3 is 14.5 Å². The van der Waals surface area contributed by atoms with Crippen molar-refractivity contribution in [2.45, 2.75) is 30.6 Å². The van der Waals surface area contributed by atoms with Crippen molar-refractivity contribution >= 4 is 11.0 Å². The van der Waals surface area contributed by atoms with Gasteiger partial charge in [-0.2, -0.15) is 18.3 Å². The minimum Gasteiger partial charge on any atom is -0.379 e. The first kappa shape index (κ1) is 19.3. The molecule has 1 unspecified atom stereocenters. The Balaban J connectivity index is 1.36. The van der Waals surface area contributed by atoms with Crippen LogP contribution in [0.1, 0.15) is 29.6 Å². The third-order valence-corrected chi connectivity index (χ3v) is 6.61. The number of ether oxygens (including phenoxy) is 2. The lowest BCUT2D eigenvalue weighted by Gasteiger charge is -2.47. The highest BCUT2D eigenvalue weighted by Gasteiger charge is 2.39. The number of hydrogen-bond donors (Lipinski definition) is 1. The number of H-pyrrole nitrogens is 1. The van der Waals surface area contributed by atoms with Crippen molar-refractivity contribution in [2.75, 3.05) is 39.5 Å². The minimum atomic E-state index is -4.44. The van der Waals surface area contributed by atoms with Crippen LogP contribution in [-0.4, -0.2) is 70.2 Å². The Morgan fingerprint density at radius 2 is 1.87 bits per heavy atom. The molecule has 0 aromatic carbocycles. The van der Waals surface area contributed by atoms with Crippen LogP contribution < -0.4 is 0 Å². The smallest absolute Gasteiger partial charge is 0.379 e. The molecule has 3 aromatic rings. The molecule has 3 aliphatic heterocycles. The van der Waals surface area contributed by atoms with Gasteiger partial charge in [0.2, 0.25) is 0 Å². The van der Waals surface area contributed by atoms with Gasteiger partial charge in [-0.1, -0.05) is 0 Å². The fourth-order valence-corrected chi connectivity index (χ4v) is 4.67. The number of aromatic nitrogens is 4. The molecule has 6 rings (SSSR count). The predicted octanol–water partition coefficient (Wildman–Crippen LogP) is 3.20. The molecule has 7 nitrogen and oxygen atoms in total. The third kappa shape index (κ3) is 3.24. The summed E-state index contributed by atoms with van der Waals surface area (Å²) in [4.78, 5) is 9.23. The number of pyridine rings is 1. The Labute approximate surface area is 176 Å². The van der Waals surface area contributed by atoms with Crippen LogP contribution in [0.25, 0.3) is 22.3 Å². The molecular formula is C21H22F3N5O2. The van der Waals surface area contributed by atoms with E-state index in [4.69, 9.17) is 14.6 Å². The zero-order valence-corrected chi connectivity index (χ0v) is 16.7. The van der Waals surface area contributed by atoms with Gasteiger partial charge in [0.1, 0.15) is 5.65 Å². The zero-order valence-electron chi connectivity index (χ0n) is 16.7. The van der Waals surface area contributed by atoms with Crippen molar-refractivity contribution in [3.63, 3.8) is 0 Å². The molecule has 0 saturated carbocycles. The maximum atomic E-state index is 13.4. The average Bonchev–Trinajstić information content (AvgIpc) is 3.39. The molecule has 3 aliphatic rings. The third-order valence-electron chi connectivity index (χ3n) is 6.61. The molecule has 164 valence electrons. The van der Waals surface area contributed by atoms with Gasteiger partial charge >= 0.3 is 6.18 Å². The number of hydrogen-bond acceptors (Lipinski definition) is 5. The standard InChI is InChI=1S/C21H22F3N5O2/c22-21(23,24)17-6-26-20-16(17)3-12(5-25-20)18-4-19(29(27-18)14-1-2-30-9-14)13-7-28(8-13)15-10-31-11-15/h3-6,13-15H,1-2,7-11H2,(H,25,26). The maximum absolute atomic E-state index is 13.4. The van der Waals surface area contributed by atoms with Gasteiger partial charge in [-0.15, -0.1) is 0 Å². The lowest BCUT2D eigenvalue weighted by molar-refractivity contribution is -0.136. The summed E-state index contributed by atoms with van der Waals surface area (Å²) in [6.07, 6.45) is -1.01. The highest BCUT2D eigenvalue weighted by atomic mass is 19.4. The van der Waals surface area contributed by atoms with E-state index < -0.39 is 11.7 Å². The first-order valence-electron chi connectivity index (χ1n) is 10.5. The molecule has 3 saturated heterocycles. The Morgan fingerprint density at radius 3 is 2.55 bits per heavy atom. The van der Waals surface area contributed by atoms with Crippen LogP contribution in [0.2, 0.25) is 0 Å². The van der Waals surface area contributed by atoms with Crippen LogP contribution in [0.3, 0.4) is 0 Å². The van der Waals surface area contributed by atoms with Gasteiger partial charge in [0.15, 0.2) is 0 Å². The molecule has 31 heavy (non-hydrogen) atoms. The number of alkyl halides is 3. The number of aromatic amines is 1. The quantitative estimate of drug-likeness (QED) is 0.685. The van der Waals surface area contributed by atoms with E-state index in [0.29, 0.717) is 36.4 Å². The Bertz CT molecular complexity index is 1110. The highest BCUT2D eigenvalue weighted by Crippen LogP contribution is 2.38. The summed E-state index contributed by atoms with van der Waals surface area (Å²) < 4.78 is 53.0. The fraction of sp³-hybridized carbons (Fsp3) is 0.524. The molecule has 1 N–H and O–H groups in total. The molecule has 0 bridgehead atoms. The van der Waals surface area contributed by atoms with E-state index in [1.54, 1.807) is 6.20 Å². The van der Waals surface area contributed by atoms with Crippen molar-refractivity contribution < 1.29 is 22.6 Å². The molecule has 3 aromatic heterocycles. The second-order valence-corrected chi connectivity index (χ2v) is 8.58. The van der Waals surface area contributed by atoms with Crippen molar-refractivity contribution in [1.29, 1.82) is 0 Å². The average molecular weight is 433 g/mol. The number of halogens is 3. The lowest BCUT2D eigenvalue weighted by Crippen LogP contribution is -2.58. The molecule has 1 atom stereocenters. The summed E-state index contributed by atoms with van der Waals surface area (Å²) in [7, 11) is 0. The second kappa shape index (κ2) is 7.04. The molecular weight excluding hydrogens is 411 g/mol. The zero-order chi connectivity index (χ0) is 21.2.